The lowest BCUT2D eigenvalue weighted by atomic mass is 9.99. The van der Waals surface area contributed by atoms with Crippen molar-refractivity contribution < 1.29 is 17.7 Å². The molecule has 2 heterocycles. The van der Waals surface area contributed by atoms with Gasteiger partial charge in [0.2, 0.25) is 15.9 Å². The highest BCUT2D eigenvalue weighted by atomic mass is 32.2. The van der Waals surface area contributed by atoms with Gasteiger partial charge < -0.3 is 9.84 Å². The van der Waals surface area contributed by atoms with Gasteiger partial charge in [0, 0.05) is 31.1 Å². The molecule has 0 radical (unpaired) electrons. The predicted octanol–water partition coefficient (Wildman–Crippen LogP) is 3.05. The molecule has 9 heteroatoms. The summed E-state index contributed by atoms with van der Waals surface area (Å²) in [5, 5.41) is 6.72. The standard InChI is InChI=1S/C21H29N3O4S2/c1-15-6-8-18(9-7-15)14-29-12-10-22-21(25)19-5-4-11-24(13-19)30(26,27)20-16(2)23-28-17(20)3/h6-9,19H,4-5,10-14H2,1-3H3,(H,22,25). The number of benzene rings is 1. The van der Waals surface area contributed by atoms with Crippen LogP contribution in [0.15, 0.2) is 33.7 Å². The van der Waals surface area contributed by atoms with Crippen molar-refractivity contribution in [3.63, 3.8) is 0 Å². The number of aryl methyl sites for hydroxylation is 3. The molecule has 164 valence electrons. The molecule has 1 unspecified atom stereocenters. The zero-order valence-electron chi connectivity index (χ0n) is 17.7. The van der Waals surface area contributed by atoms with E-state index in [1.165, 1.54) is 15.4 Å². The van der Waals surface area contributed by atoms with Crippen molar-refractivity contribution in [2.45, 2.75) is 44.3 Å². The van der Waals surface area contributed by atoms with E-state index < -0.39 is 10.0 Å². The first-order chi connectivity index (χ1) is 14.3. The maximum absolute atomic E-state index is 13.0. The first kappa shape index (κ1) is 22.8. The summed E-state index contributed by atoms with van der Waals surface area (Å²) in [4.78, 5) is 12.7. The Morgan fingerprint density at radius 1 is 1.27 bits per heavy atom. The molecule has 0 saturated carbocycles. The number of piperidine rings is 1. The summed E-state index contributed by atoms with van der Waals surface area (Å²) in [5.74, 6) is 1.58. The Hall–Kier alpha value is -1.84. The normalized spacial score (nSPS) is 17.8. The number of aromatic nitrogens is 1. The Balaban J connectivity index is 1.48. The van der Waals surface area contributed by atoms with Gasteiger partial charge in [-0.15, -0.1) is 0 Å². The van der Waals surface area contributed by atoms with Crippen LogP contribution in [0.2, 0.25) is 0 Å². The van der Waals surface area contributed by atoms with Gasteiger partial charge in [-0.3, -0.25) is 4.79 Å². The average molecular weight is 452 g/mol. The number of rotatable bonds is 8. The van der Waals surface area contributed by atoms with Crippen molar-refractivity contribution in [2.75, 3.05) is 25.4 Å². The van der Waals surface area contributed by atoms with Crippen LogP contribution in [0.25, 0.3) is 0 Å². The minimum absolute atomic E-state index is 0.0791. The molecule has 0 aliphatic carbocycles. The van der Waals surface area contributed by atoms with Gasteiger partial charge in [-0.1, -0.05) is 35.0 Å². The fourth-order valence-corrected chi connectivity index (χ4v) is 6.25. The maximum atomic E-state index is 13.0. The smallest absolute Gasteiger partial charge is 0.248 e. The van der Waals surface area contributed by atoms with Gasteiger partial charge in [0.15, 0.2) is 5.76 Å². The largest absolute Gasteiger partial charge is 0.360 e. The average Bonchev–Trinajstić information content (AvgIpc) is 3.08. The summed E-state index contributed by atoms with van der Waals surface area (Å²) >= 11 is 1.77. The van der Waals surface area contributed by atoms with Crippen molar-refractivity contribution in [2.24, 2.45) is 5.92 Å². The highest BCUT2D eigenvalue weighted by molar-refractivity contribution is 7.98. The van der Waals surface area contributed by atoms with Crippen LogP contribution in [0.3, 0.4) is 0 Å². The van der Waals surface area contributed by atoms with Gasteiger partial charge in [-0.25, -0.2) is 8.42 Å². The van der Waals surface area contributed by atoms with Crippen molar-refractivity contribution in [1.82, 2.24) is 14.8 Å². The van der Waals surface area contributed by atoms with Crippen molar-refractivity contribution in [3.8, 4) is 0 Å². The van der Waals surface area contributed by atoms with Crippen LogP contribution in [-0.2, 0) is 20.6 Å². The summed E-state index contributed by atoms with van der Waals surface area (Å²) in [7, 11) is -3.72. The summed E-state index contributed by atoms with van der Waals surface area (Å²) in [6.45, 7) is 6.44. The van der Waals surface area contributed by atoms with Crippen LogP contribution in [0.4, 0.5) is 0 Å². The molecule has 2 aromatic rings. The molecule has 1 aromatic carbocycles. The van der Waals surface area contributed by atoms with Gasteiger partial charge in [-0.2, -0.15) is 16.1 Å². The number of thioether (sulfide) groups is 1. The summed E-state index contributed by atoms with van der Waals surface area (Å²) in [6.07, 6.45) is 1.35. The summed E-state index contributed by atoms with van der Waals surface area (Å²) in [5.41, 5.74) is 2.86. The van der Waals surface area contributed by atoms with Gasteiger partial charge in [0.05, 0.1) is 5.92 Å². The fraction of sp³-hybridized carbons (Fsp3) is 0.524. The number of carbonyl (C=O) groups excluding carboxylic acids is 1. The minimum atomic E-state index is -3.72. The fourth-order valence-electron chi connectivity index (χ4n) is 3.61. The third-order valence-electron chi connectivity index (χ3n) is 5.26. The first-order valence-corrected chi connectivity index (χ1v) is 12.7. The molecule has 0 bridgehead atoms. The third-order valence-corrected chi connectivity index (χ3v) is 8.40. The van der Waals surface area contributed by atoms with E-state index in [1.807, 2.05) is 0 Å². The number of amides is 1. The molecular formula is C21H29N3O4S2. The second-order valence-corrected chi connectivity index (χ2v) is 10.7. The van der Waals surface area contributed by atoms with E-state index in [4.69, 9.17) is 4.52 Å². The van der Waals surface area contributed by atoms with Gasteiger partial charge in [0.25, 0.3) is 0 Å². The molecule has 1 aromatic heterocycles. The molecule has 1 N–H and O–H groups in total. The van der Waals surface area contributed by atoms with Crippen LogP contribution in [0.5, 0.6) is 0 Å². The second-order valence-electron chi connectivity index (χ2n) is 7.68. The van der Waals surface area contributed by atoms with Crippen molar-refractivity contribution >= 4 is 27.7 Å². The number of carbonyl (C=O) groups is 1. The van der Waals surface area contributed by atoms with E-state index in [1.54, 1.807) is 25.6 Å². The van der Waals surface area contributed by atoms with E-state index >= 15 is 0 Å². The molecule has 1 aliphatic rings. The van der Waals surface area contributed by atoms with Crippen molar-refractivity contribution in [1.29, 1.82) is 0 Å². The molecule has 1 fully saturated rings. The SMILES string of the molecule is Cc1ccc(CSCCNC(=O)C2CCCN(S(=O)(=O)c3c(C)noc3C)C2)cc1. The number of nitrogens with one attached hydrogen (secondary N) is 1. The predicted molar refractivity (Wildman–Crippen MR) is 118 cm³/mol. The molecule has 7 nitrogen and oxygen atoms in total. The molecule has 1 amide bonds. The van der Waals surface area contributed by atoms with Crippen LogP contribution in [0, 0.1) is 26.7 Å². The quantitative estimate of drug-likeness (QED) is 0.620. The van der Waals surface area contributed by atoms with Crippen molar-refractivity contribution in [3.05, 3.63) is 46.8 Å². The number of nitrogens with zero attached hydrogens (tertiary/aromatic N) is 2. The summed E-state index contributed by atoms with van der Waals surface area (Å²) < 4.78 is 32.4. The molecule has 1 aliphatic heterocycles. The van der Waals surface area contributed by atoms with E-state index in [0.29, 0.717) is 31.6 Å². The number of sulfonamides is 1. The summed E-state index contributed by atoms with van der Waals surface area (Å²) in [6, 6.07) is 8.44. The Morgan fingerprint density at radius 2 is 2.00 bits per heavy atom. The molecule has 30 heavy (non-hydrogen) atoms. The monoisotopic (exact) mass is 451 g/mol. The lowest BCUT2D eigenvalue weighted by Gasteiger charge is -2.31. The Labute approximate surface area is 182 Å². The van der Waals surface area contributed by atoms with E-state index in [9.17, 15) is 13.2 Å². The lowest BCUT2D eigenvalue weighted by molar-refractivity contribution is -0.125. The first-order valence-electron chi connectivity index (χ1n) is 10.1. The molecule has 1 atom stereocenters. The highest BCUT2D eigenvalue weighted by Gasteiger charge is 2.36. The maximum Gasteiger partial charge on any atom is 0.248 e. The van der Waals surface area contributed by atoms with Crippen LogP contribution < -0.4 is 5.32 Å². The number of hydrogen-bond donors (Lipinski definition) is 1. The second kappa shape index (κ2) is 9.98. The van der Waals surface area contributed by atoms with Gasteiger partial charge in [0.1, 0.15) is 10.6 Å². The molecule has 0 spiro atoms. The third kappa shape index (κ3) is 5.44. The molecule has 3 rings (SSSR count). The van der Waals surface area contributed by atoms with Gasteiger partial charge in [-0.05, 0) is 39.2 Å². The zero-order valence-corrected chi connectivity index (χ0v) is 19.3. The Morgan fingerprint density at radius 3 is 2.67 bits per heavy atom. The van der Waals surface area contributed by atoms with E-state index in [-0.39, 0.29) is 29.0 Å². The Bertz CT molecular complexity index is 951. The topological polar surface area (TPSA) is 92.5 Å². The zero-order chi connectivity index (χ0) is 21.7. The minimum Gasteiger partial charge on any atom is -0.360 e. The molecule has 1 saturated heterocycles. The lowest BCUT2D eigenvalue weighted by Crippen LogP contribution is -2.45. The highest BCUT2D eigenvalue weighted by Crippen LogP contribution is 2.27. The molecular weight excluding hydrogens is 422 g/mol. The van der Waals surface area contributed by atoms with Crippen LogP contribution in [0.1, 0.15) is 35.4 Å². The number of hydrogen-bond acceptors (Lipinski definition) is 6. The van der Waals surface area contributed by atoms with Crippen LogP contribution >= 0.6 is 11.8 Å². The van der Waals surface area contributed by atoms with Crippen LogP contribution in [-0.4, -0.2) is 49.2 Å². The van der Waals surface area contributed by atoms with Gasteiger partial charge >= 0.3 is 0 Å². The Kier molecular flexibility index (Phi) is 7.60. The van der Waals surface area contributed by atoms with E-state index in [0.717, 1.165) is 11.5 Å². The van der Waals surface area contributed by atoms with E-state index in [2.05, 4.69) is 41.7 Å².